The molecule has 4 rings (SSSR count). The lowest BCUT2D eigenvalue weighted by Gasteiger charge is -2.24. The third kappa shape index (κ3) is 3.51. The number of hydrogen-bond donors (Lipinski definition) is 0. The van der Waals surface area contributed by atoms with Crippen molar-refractivity contribution in [1.29, 1.82) is 0 Å². The van der Waals surface area contributed by atoms with Gasteiger partial charge in [-0.25, -0.2) is 4.98 Å². The van der Waals surface area contributed by atoms with Crippen molar-refractivity contribution in [2.75, 3.05) is 19.8 Å². The van der Waals surface area contributed by atoms with Crippen LogP contribution in [-0.4, -0.2) is 40.1 Å². The second kappa shape index (κ2) is 6.77. The highest BCUT2D eigenvalue weighted by Gasteiger charge is 2.27. The fraction of sp³-hybridized carbons (Fsp3) is 0.474. The highest BCUT2D eigenvalue weighted by atomic mass is 16.5. The predicted molar refractivity (Wildman–Crippen MR) is 90.4 cm³/mol. The molecule has 2 aliphatic rings. The van der Waals surface area contributed by atoms with Gasteiger partial charge >= 0.3 is 0 Å². The van der Waals surface area contributed by atoms with Gasteiger partial charge < -0.3 is 14.2 Å². The van der Waals surface area contributed by atoms with Gasteiger partial charge in [-0.05, 0) is 30.9 Å². The Morgan fingerprint density at radius 2 is 1.92 bits per heavy atom. The summed E-state index contributed by atoms with van der Waals surface area (Å²) >= 11 is 0. The number of nitrogens with zero attached hydrogens (tertiary/aromatic N) is 3. The molecule has 0 spiro atoms. The van der Waals surface area contributed by atoms with Crippen LogP contribution in [-0.2, 0) is 17.8 Å². The summed E-state index contributed by atoms with van der Waals surface area (Å²) in [6, 6.07) is 9.49. The number of carbonyl (C=O) groups is 1. The summed E-state index contributed by atoms with van der Waals surface area (Å²) in [5.74, 6) is 2.08. The summed E-state index contributed by atoms with van der Waals surface area (Å²) in [4.78, 5) is 19.2. The Morgan fingerprint density at radius 3 is 2.71 bits per heavy atom. The summed E-state index contributed by atoms with van der Waals surface area (Å²) < 4.78 is 8.06. The Bertz CT molecular complexity index is 694. The van der Waals surface area contributed by atoms with E-state index in [0.717, 1.165) is 30.5 Å². The number of fused-ring (bicyclic) bond motifs is 1. The zero-order valence-corrected chi connectivity index (χ0v) is 13.8. The minimum Gasteiger partial charge on any atom is -0.381 e. The van der Waals surface area contributed by atoms with E-state index in [1.54, 1.807) is 0 Å². The van der Waals surface area contributed by atoms with E-state index < -0.39 is 0 Å². The van der Waals surface area contributed by atoms with E-state index >= 15 is 0 Å². The smallest absolute Gasteiger partial charge is 0.254 e. The van der Waals surface area contributed by atoms with Gasteiger partial charge in [0, 0.05) is 43.6 Å². The fourth-order valence-corrected chi connectivity index (χ4v) is 3.25. The monoisotopic (exact) mass is 325 g/mol. The van der Waals surface area contributed by atoms with Crippen LogP contribution in [0.1, 0.15) is 29.0 Å². The van der Waals surface area contributed by atoms with Gasteiger partial charge in [0.25, 0.3) is 5.91 Å². The van der Waals surface area contributed by atoms with Crippen molar-refractivity contribution in [3.8, 4) is 0 Å². The summed E-state index contributed by atoms with van der Waals surface area (Å²) in [7, 11) is 0. The summed E-state index contributed by atoms with van der Waals surface area (Å²) in [5, 5.41) is 0. The van der Waals surface area contributed by atoms with Crippen LogP contribution in [0.2, 0.25) is 0 Å². The number of carbonyl (C=O) groups excluding carboxylic acids is 1. The Morgan fingerprint density at radius 1 is 1.12 bits per heavy atom. The zero-order chi connectivity index (χ0) is 16.4. The van der Waals surface area contributed by atoms with Crippen LogP contribution in [0.5, 0.6) is 0 Å². The molecule has 126 valence electrons. The molecule has 1 fully saturated rings. The first-order valence-electron chi connectivity index (χ1n) is 8.71. The molecule has 0 radical (unpaired) electrons. The molecule has 0 N–H and O–H groups in total. The molecule has 2 heterocycles. The lowest BCUT2D eigenvalue weighted by Crippen LogP contribution is -2.35. The van der Waals surface area contributed by atoms with Crippen LogP contribution in [0.15, 0.2) is 42.7 Å². The topological polar surface area (TPSA) is 47.4 Å². The van der Waals surface area contributed by atoms with Crippen LogP contribution in [0, 0.1) is 11.8 Å². The first kappa shape index (κ1) is 15.4. The molecule has 2 aromatic rings. The molecule has 0 bridgehead atoms. The summed E-state index contributed by atoms with van der Waals surface area (Å²) in [6.07, 6.45) is 6.41. The molecule has 1 amide bonds. The molecule has 0 saturated heterocycles. The largest absolute Gasteiger partial charge is 0.381 e. The minimum absolute atomic E-state index is 0.0687. The minimum atomic E-state index is 0.0687. The van der Waals surface area contributed by atoms with Gasteiger partial charge in [0.2, 0.25) is 0 Å². The van der Waals surface area contributed by atoms with Crippen LogP contribution in [0.3, 0.4) is 0 Å². The summed E-state index contributed by atoms with van der Waals surface area (Å²) in [5.41, 5.74) is 0.732. The van der Waals surface area contributed by atoms with Gasteiger partial charge in [-0.15, -0.1) is 0 Å². The number of benzene rings is 1. The molecule has 1 saturated carbocycles. The molecule has 5 nitrogen and oxygen atoms in total. The Kier molecular flexibility index (Phi) is 4.34. The van der Waals surface area contributed by atoms with Crippen molar-refractivity contribution in [2.45, 2.75) is 25.9 Å². The number of ether oxygens (including phenoxy) is 1. The van der Waals surface area contributed by atoms with Crippen molar-refractivity contribution in [3.63, 3.8) is 0 Å². The molecular weight excluding hydrogens is 302 g/mol. The molecule has 1 unspecified atom stereocenters. The van der Waals surface area contributed by atoms with Gasteiger partial charge in [-0.1, -0.05) is 18.2 Å². The number of hydrogen-bond acceptors (Lipinski definition) is 3. The van der Waals surface area contributed by atoms with E-state index in [-0.39, 0.29) is 5.91 Å². The average Bonchev–Trinajstić information content (AvgIpc) is 3.37. The van der Waals surface area contributed by atoms with Crippen molar-refractivity contribution in [1.82, 2.24) is 14.5 Å². The first-order chi connectivity index (χ1) is 11.8. The fourth-order valence-electron chi connectivity index (χ4n) is 3.25. The van der Waals surface area contributed by atoms with Gasteiger partial charge in [0.15, 0.2) is 0 Å². The van der Waals surface area contributed by atoms with E-state index in [0.29, 0.717) is 25.6 Å². The molecule has 1 aromatic heterocycles. The first-order valence-corrected chi connectivity index (χ1v) is 8.71. The van der Waals surface area contributed by atoms with Crippen molar-refractivity contribution in [2.24, 2.45) is 11.8 Å². The predicted octanol–water partition coefficient (Wildman–Crippen LogP) is 2.58. The number of rotatable bonds is 5. The van der Waals surface area contributed by atoms with Crippen LogP contribution >= 0.6 is 0 Å². The molecule has 5 heteroatoms. The standard InChI is InChI=1S/C19H23N3O2/c23-19(17-4-2-1-3-5-17)22-11-16(14-24-13-15-6-7-15)10-21-9-8-20-18(21)12-22/h1-5,8-9,15-16H,6-7,10-14H2. The van der Waals surface area contributed by atoms with E-state index in [9.17, 15) is 4.79 Å². The summed E-state index contributed by atoms with van der Waals surface area (Å²) in [6.45, 7) is 3.69. The molecule has 1 aliphatic carbocycles. The molecule has 1 atom stereocenters. The van der Waals surface area contributed by atoms with Gasteiger partial charge in [0.05, 0.1) is 13.2 Å². The lowest BCUT2D eigenvalue weighted by molar-refractivity contribution is 0.0571. The third-order valence-corrected chi connectivity index (χ3v) is 4.78. The SMILES string of the molecule is O=C(c1ccccc1)N1Cc2nccn2CC(COCC2CC2)C1. The average molecular weight is 325 g/mol. The Balaban J connectivity index is 1.49. The Hall–Kier alpha value is -2.14. The maximum Gasteiger partial charge on any atom is 0.254 e. The number of imidazole rings is 1. The maximum atomic E-state index is 12.9. The molecule has 1 aromatic carbocycles. The number of amides is 1. The highest BCUT2D eigenvalue weighted by Crippen LogP contribution is 2.29. The second-order valence-corrected chi connectivity index (χ2v) is 6.89. The van der Waals surface area contributed by atoms with Gasteiger partial charge in [-0.2, -0.15) is 0 Å². The molecule has 24 heavy (non-hydrogen) atoms. The highest BCUT2D eigenvalue weighted by molar-refractivity contribution is 5.94. The van der Waals surface area contributed by atoms with Crippen molar-refractivity contribution < 1.29 is 9.53 Å². The van der Waals surface area contributed by atoms with E-state index in [1.165, 1.54) is 12.8 Å². The number of aromatic nitrogens is 2. The van der Waals surface area contributed by atoms with Crippen molar-refractivity contribution >= 4 is 5.91 Å². The third-order valence-electron chi connectivity index (χ3n) is 4.78. The van der Waals surface area contributed by atoms with E-state index in [4.69, 9.17) is 4.74 Å². The van der Waals surface area contributed by atoms with Gasteiger partial charge in [-0.3, -0.25) is 4.79 Å². The van der Waals surface area contributed by atoms with Crippen molar-refractivity contribution in [3.05, 3.63) is 54.1 Å². The van der Waals surface area contributed by atoms with Crippen LogP contribution in [0.25, 0.3) is 0 Å². The quantitative estimate of drug-likeness (QED) is 0.849. The zero-order valence-electron chi connectivity index (χ0n) is 13.8. The lowest BCUT2D eigenvalue weighted by atomic mass is 10.1. The van der Waals surface area contributed by atoms with E-state index in [1.807, 2.05) is 47.6 Å². The van der Waals surface area contributed by atoms with E-state index in [2.05, 4.69) is 9.55 Å². The second-order valence-electron chi connectivity index (χ2n) is 6.89. The van der Waals surface area contributed by atoms with Crippen LogP contribution in [0.4, 0.5) is 0 Å². The van der Waals surface area contributed by atoms with Gasteiger partial charge in [0.1, 0.15) is 5.82 Å². The van der Waals surface area contributed by atoms with Crippen LogP contribution < -0.4 is 0 Å². The molecule has 1 aliphatic heterocycles. The molecular formula is C19H23N3O2. The normalized spacial score (nSPS) is 20.5. The maximum absolute atomic E-state index is 12.9. The Labute approximate surface area is 142 Å².